The molecular weight excluding hydrogens is 252 g/mol. The molecule has 0 bridgehead atoms. The van der Waals surface area contributed by atoms with Crippen LogP contribution in [0.4, 0.5) is 0 Å². The number of fused-ring (bicyclic) bond motifs is 1. The molecule has 1 amide bonds. The summed E-state index contributed by atoms with van der Waals surface area (Å²) in [5.41, 5.74) is 2.89. The standard InChI is InChI=1S/C16H22N2O2/c19-16(18-7-9-20-10-8-18)12-17-15-6-5-13-3-1-2-4-14(13)11-15/h1-4,15,17H,5-12H2. The van der Waals surface area contributed by atoms with E-state index < -0.39 is 0 Å². The highest BCUT2D eigenvalue weighted by atomic mass is 16.5. The largest absolute Gasteiger partial charge is 0.378 e. The van der Waals surface area contributed by atoms with E-state index in [9.17, 15) is 4.79 Å². The maximum atomic E-state index is 12.1. The molecule has 1 aromatic rings. The van der Waals surface area contributed by atoms with Gasteiger partial charge in [-0.3, -0.25) is 4.79 Å². The van der Waals surface area contributed by atoms with Gasteiger partial charge in [-0.05, 0) is 30.4 Å². The number of morpholine rings is 1. The van der Waals surface area contributed by atoms with Crippen LogP contribution in [-0.2, 0) is 22.4 Å². The second kappa shape index (κ2) is 6.37. The number of amides is 1. The smallest absolute Gasteiger partial charge is 0.236 e. The third-order valence-electron chi connectivity index (χ3n) is 4.25. The number of hydrogen-bond acceptors (Lipinski definition) is 3. The first-order valence-corrected chi connectivity index (χ1v) is 7.48. The molecule has 20 heavy (non-hydrogen) atoms. The van der Waals surface area contributed by atoms with Gasteiger partial charge in [-0.1, -0.05) is 24.3 Å². The number of benzene rings is 1. The van der Waals surface area contributed by atoms with Crippen LogP contribution in [0.2, 0.25) is 0 Å². The van der Waals surface area contributed by atoms with E-state index in [0.29, 0.717) is 25.8 Å². The summed E-state index contributed by atoms with van der Waals surface area (Å²) in [6, 6.07) is 9.04. The van der Waals surface area contributed by atoms with Crippen molar-refractivity contribution < 1.29 is 9.53 Å². The molecule has 0 radical (unpaired) electrons. The zero-order valence-electron chi connectivity index (χ0n) is 11.8. The van der Waals surface area contributed by atoms with Crippen molar-refractivity contribution in [2.75, 3.05) is 32.8 Å². The van der Waals surface area contributed by atoms with Gasteiger partial charge in [-0.25, -0.2) is 0 Å². The van der Waals surface area contributed by atoms with Crippen molar-refractivity contribution >= 4 is 5.91 Å². The monoisotopic (exact) mass is 274 g/mol. The first-order chi connectivity index (χ1) is 9.83. The van der Waals surface area contributed by atoms with Gasteiger partial charge in [0.25, 0.3) is 0 Å². The molecule has 108 valence electrons. The molecule has 1 aliphatic carbocycles. The Kier molecular flexibility index (Phi) is 4.33. The lowest BCUT2D eigenvalue weighted by atomic mass is 9.88. The lowest BCUT2D eigenvalue weighted by Crippen LogP contribution is -2.47. The molecule has 1 fully saturated rings. The highest BCUT2D eigenvalue weighted by Gasteiger charge is 2.21. The van der Waals surface area contributed by atoms with Gasteiger partial charge in [-0.15, -0.1) is 0 Å². The van der Waals surface area contributed by atoms with Gasteiger partial charge >= 0.3 is 0 Å². The van der Waals surface area contributed by atoms with Crippen molar-refractivity contribution in [1.82, 2.24) is 10.2 Å². The van der Waals surface area contributed by atoms with Crippen molar-refractivity contribution in [3.8, 4) is 0 Å². The van der Waals surface area contributed by atoms with Crippen molar-refractivity contribution in [2.45, 2.75) is 25.3 Å². The summed E-state index contributed by atoms with van der Waals surface area (Å²) in [4.78, 5) is 14.0. The molecular formula is C16H22N2O2. The Morgan fingerprint density at radius 1 is 1.25 bits per heavy atom. The normalized spacial score (nSPS) is 22.4. The Morgan fingerprint density at radius 2 is 2.00 bits per heavy atom. The van der Waals surface area contributed by atoms with Gasteiger partial charge in [0.1, 0.15) is 0 Å². The van der Waals surface area contributed by atoms with Crippen LogP contribution in [0.15, 0.2) is 24.3 Å². The van der Waals surface area contributed by atoms with Crippen LogP contribution < -0.4 is 5.32 Å². The number of rotatable bonds is 3. The van der Waals surface area contributed by atoms with Gasteiger partial charge in [0.2, 0.25) is 5.91 Å². The molecule has 1 saturated heterocycles. The Bertz CT molecular complexity index is 469. The van der Waals surface area contributed by atoms with E-state index in [1.165, 1.54) is 11.1 Å². The summed E-state index contributed by atoms with van der Waals surface area (Å²) < 4.78 is 5.27. The van der Waals surface area contributed by atoms with Crippen molar-refractivity contribution in [2.24, 2.45) is 0 Å². The molecule has 1 N–H and O–H groups in total. The number of ether oxygens (including phenoxy) is 1. The lowest BCUT2D eigenvalue weighted by Gasteiger charge is -2.29. The highest BCUT2D eigenvalue weighted by molar-refractivity contribution is 5.78. The number of nitrogens with zero attached hydrogens (tertiary/aromatic N) is 1. The number of nitrogens with one attached hydrogen (secondary N) is 1. The minimum Gasteiger partial charge on any atom is -0.378 e. The number of hydrogen-bond donors (Lipinski definition) is 1. The summed E-state index contributed by atoms with van der Waals surface area (Å²) in [5, 5.41) is 3.43. The molecule has 3 rings (SSSR count). The fourth-order valence-electron chi connectivity index (χ4n) is 3.03. The maximum Gasteiger partial charge on any atom is 0.236 e. The molecule has 0 saturated carbocycles. The van der Waals surface area contributed by atoms with Crippen LogP contribution in [0.25, 0.3) is 0 Å². The molecule has 4 heteroatoms. The Morgan fingerprint density at radius 3 is 2.80 bits per heavy atom. The maximum absolute atomic E-state index is 12.1. The number of aryl methyl sites for hydroxylation is 1. The minimum atomic E-state index is 0.201. The summed E-state index contributed by atoms with van der Waals surface area (Å²) >= 11 is 0. The van der Waals surface area contributed by atoms with Gasteiger partial charge in [-0.2, -0.15) is 0 Å². The Balaban J connectivity index is 1.49. The van der Waals surface area contributed by atoms with E-state index >= 15 is 0 Å². The predicted octanol–water partition coefficient (Wildman–Crippen LogP) is 0.992. The summed E-state index contributed by atoms with van der Waals surface area (Å²) in [5.74, 6) is 0.201. The molecule has 0 aromatic heterocycles. The van der Waals surface area contributed by atoms with E-state index in [1.54, 1.807) is 0 Å². The Labute approximate surface area is 120 Å². The van der Waals surface area contributed by atoms with E-state index in [2.05, 4.69) is 29.6 Å². The van der Waals surface area contributed by atoms with Gasteiger partial charge < -0.3 is 15.0 Å². The SMILES string of the molecule is O=C(CNC1CCc2ccccc2C1)N1CCOCC1. The van der Waals surface area contributed by atoms with Crippen molar-refractivity contribution in [3.05, 3.63) is 35.4 Å². The average Bonchev–Trinajstić information content (AvgIpc) is 2.53. The van der Waals surface area contributed by atoms with Gasteiger partial charge in [0, 0.05) is 19.1 Å². The van der Waals surface area contributed by atoms with Crippen LogP contribution >= 0.6 is 0 Å². The molecule has 4 nitrogen and oxygen atoms in total. The molecule has 1 unspecified atom stereocenters. The van der Waals surface area contributed by atoms with Crippen LogP contribution in [0.1, 0.15) is 17.5 Å². The zero-order valence-corrected chi connectivity index (χ0v) is 11.8. The molecule has 1 aliphatic heterocycles. The Hall–Kier alpha value is -1.39. The van der Waals surface area contributed by atoms with E-state index in [4.69, 9.17) is 4.74 Å². The first-order valence-electron chi connectivity index (χ1n) is 7.48. The highest BCUT2D eigenvalue weighted by Crippen LogP contribution is 2.20. The lowest BCUT2D eigenvalue weighted by molar-refractivity contribution is -0.134. The van der Waals surface area contributed by atoms with Crippen LogP contribution in [0, 0.1) is 0 Å². The number of carbonyl (C=O) groups is 1. The van der Waals surface area contributed by atoms with E-state index in [0.717, 1.165) is 32.4 Å². The fraction of sp³-hybridized carbons (Fsp3) is 0.562. The topological polar surface area (TPSA) is 41.6 Å². The van der Waals surface area contributed by atoms with Gasteiger partial charge in [0.15, 0.2) is 0 Å². The first kappa shape index (κ1) is 13.6. The van der Waals surface area contributed by atoms with E-state index in [-0.39, 0.29) is 5.91 Å². The molecule has 2 aliphatic rings. The quantitative estimate of drug-likeness (QED) is 0.894. The van der Waals surface area contributed by atoms with Crippen LogP contribution in [0.5, 0.6) is 0 Å². The summed E-state index contributed by atoms with van der Waals surface area (Å²) in [6.07, 6.45) is 3.26. The van der Waals surface area contributed by atoms with E-state index in [1.807, 2.05) is 4.90 Å². The van der Waals surface area contributed by atoms with Gasteiger partial charge in [0.05, 0.1) is 19.8 Å². The fourth-order valence-corrected chi connectivity index (χ4v) is 3.03. The predicted molar refractivity (Wildman–Crippen MR) is 77.7 cm³/mol. The number of carbonyl (C=O) groups excluding carboxylic acids is 1. The third-order valence-corrected chi connectivity index (χ3v) is 4.25. The summed E-state index contributed by atoms with van der Waals surface area (Å²) in [7, 11) is 0. The van der Waals surface area contributed by atoms with Crippen LogP contribution in [0.3, 0.4) is 0 Å². The summed E-state index contributed by atoms with van der Waals surface area (Å²) in [6.45, 7) is 3.25. The zero-order chi connectivity index (χ0) is 13.8. The average molecular weight is 274 g/mol. The van der Waals surface area contributed by atoms with Crippen molar-refractivity contribution in [1.29, 1.82) is 0 Å². The van der Waals surface area contributed by atoms with Crippen molar-refractivity contribution in [3.63, 3.8) is 0 Å². The molecule has 0 spiro atoms. The molecule has 1 atom stereocenters. The molecule has 1 heterocycles. The second-order valence-electron chi connectivity index (χ2n) is 5.58. The second-order valence-corrected chi connectivity index (χ2v) is 5.58. The van der Waals surface area contributed by atoms with Crippen LogP contribution in [-0.4, -0.2) is 49.7 Å². The minimum absolute atomic E-state index is 0.201. The third kappa shape index (κ3) is 3.19. The molecule has 1 aromatic carbocycles.